The minimum atomic E-state index is 0.0152. The van der Waals surface area contributed by atoms with Crippen molar-refractivity contribution in [1.82, 2.24) is 14.8 Å². The monoisotopic (exact) mass is 445 g/mol. The summed E-state index contributed by atoms with van der Waals surface area (Å²) in [5, 5.41) is 3.12. The van der Waals surface area contributed by atoms with Crippen LogP contribution in [0, 0.1) is 6.92 Å². The van der Waals surface area contributed by atoms with Crippen LogP contribution in [-0.4, -0.2) is 41.6 Å². The number of carbonyl (C=O) groups is 1. The van der Waals surface area contributed by atoms with E-state index in [-0.39, 0.29) is 5.91 Å². The number of amides is 1. The molecule has 27 heavy (non-hydrogen) atoms. The van der Waals surface area contributed by atoms with Crippen LogP contribution in [0.2, 0.25) is 0 Å². The van der Waals surface area contributed by atoms with Gasteiger partial charge in [-0.2, -0.15) is 0 Å². The van der Waals surface area contributed by atoms with Crippen LogP contribution in [0.25, 0.3) is 10.2 Å². The van der Waals surface area contributed by atoms with E-state index in [2.05, 4.69) is 68.0 Å². The molecule has 142 valence electrons. The number of likely N-dealkylation sites (tertiary alicyclic amines) is 1. The van der Waals surface area contributed by atoms with Gasteiger partial charge in [0.1, 0.15) is 5.69 Å². The van der Waals surface area contributed by atoms with Crippen molar-refractivity contribution in [2.45, 2.75) is 26.3 Å². The number of halogens is 1. The summed E-state index contributed by atoms with van der Waals surface area (Å²) in [5.41, 5.74) is 4.30. The van der Waals surface area contributed by atoms with E-state index in [1.807, 2.05) is 6.07 Å². The highest BCUT2D eigenvalue weighted by molar-refractivity contribution is 9.11. The van der Waals surface area contributed by atoms with Gasteiger partial charge in [-0.25, -0.2) is 0 Å². The Balaban J connectivity index is 1.55. The first kappa shape index (κ1) is 18.7. The highest BCUT2D eigenvalue weighted by atomic mass is 79.9. The molecule has 0 aliphatic carbocycles. The zero-order chi connectivity index (χ0) is 18.8. The lowest BCUT2D eigenvalue weighted by molar-refractivity contribution is 0.0941. The molecular formula is C21H24BrN3OS. The Bertz CT molecular complexity index is 956. The molecule has 1 saturated heterocycles. The number of aryl methyl sites for hydroxylation is 1. The van der Waals surface area contributed by atoms with Crippen molar-refractivity contribution in [2.75, 3.05) is 26.2 Å². The molecule has 2 aromatic heterocycles. The summed E-state index contributed by atoms with van der Waals surface area (Å²) >= 11 is 5.25. The molecule has 1 fully saturated rings. The largest absolute Gasteiger partial charge is 0.349 e. The predicted octanol–water partition coefficient (Wildman–Crippen LogP) is 4.65. The van der Waals surface area contributed by atoms with Gasteiger partial charge in [-0.3, -0.25) is 4.79 Å². The van der Waals surface area contributed by atoms with E-state index >= 15 is 0 Å². The molecule has 0 saturated carbocycles. The number of aromatic nitrogens is 1. The van der Waals surface area contributed by atoms with Gasteiger partial charge in [-0.1, -0.05) is 29.8 Å². The molecule has 4 nitrogen and oxygen atoms in total. The Morgan fingerprint density at radius 1 is 1.22 bits per heavy atom. The van der Waals surface area contributed by atoms with Gasteiger partial charge in [0.15, 0.2) is 0 Å². The van der Waals surface area contributed by atoms with Gasteiger partial charge < -0.3 is 14.8 Å². The SMILES string of the molecule is Cc1cccc(Cn2c(C(=O)NCCN3CCCC3)cc3sc(Br)cc32)c1. The second-order valence-electron chi connectivity index (χ2n) is 7.21. The van der Waals surface area contributed by atoms with Gasteiger partial charge in [0.25, 0.3) is 5.91 Å². The molecule has 1 aromatic carbocycles. The first-order chi connectivity index (χ1) is 13.1. The van der Waals surface area contributed by atoms with Gasteiger partial charge in [-0.15, -0.1) is 11.3 Å². The molecule has 1 aliphatic rings. The second kappa shape index (κ2) is 8.17. The molecule has 1 amide bonds. The number of fused-ring (bicyclic) bond motifs is 1. The average molecular weight is 446 g/mol. The molecule has 3 aromatic rings. The van der Waals surface area contributed by atoms with Crippen LogP contribution in [0.3, 0.4) is 0 Å². The molecule has 0 bridgehead atoms. The number of hydrogen-bond donors (Lipinski definition) is 1. The third-order valence-corrected chi connectivity index (χ3v) is 6.70. The van der Waals surface area contributed by atoms with E-state index < -0.39 is 0 Å². The van der Waals surface area contributed by atoms with E-state index in [4.69, 9.17) is 0 Å². The average Bonchev–Trinajstić information content (AvgIpc) is 3.33. The maximum absolute atomic E-state index is 12.9. The molecule has 1 N–H and O–H groups in total. The normalized spacial score (nSPS) is 14.9. The van der Waals surface area contributed by atoms with Crippen LogP contribution in [0.4, 0.5) is 0 Å². The zero-order valence-corrected chi connectivity index (χ0v) is 17.9. The molecule has 1 aliphatic heterocycles. The topological polar surface area (TPSA) is 37.3 Å². The standard InChI is InChI=1S/C21H24BrN3OS/c1-15-5-4-6-16(11-15)14-25-17-13-20(22)27-19(17)12-18(25)21(26)23-7-10-24-8-2-3-9-24/h4-6,11-13H,2-3,7-10,14H2,1H3,(H,23,26). The van der Waals surface area contributed by atoms with E-state index in [1.54, 1.807) is 11.3 Å². The van der Waals surface area contributed by atoms with E-state index in [9.17, 15) is 4.79 Å². The molecule has 0 spiro atoms. The van der Waals surface area contributed by atoms with Crippen molar-refractivity contribution >= 4 is 43.4 Å². The summed E-state index contributed by atoms with van der Waals surface area (Å²) in [5.74, 6) is 0.0152. The third kappa shape index (κ3) is 4.28. The Morgan fingerprint density at radius 3 is 2.81 bits per heavy atom. The number of hydrogen-bond acceptors (Lipinski definition) is 3. The van der Waals surface area contributed by atoms with E-state index in [0.717, 1.165) is 39.3 Å². The minimum Gasteiger partial charge on any atom is -0.349 e. The summed E-state index contributed by atoms with van der Waals surface area (Å²) in [4.78, 5) is 15.3. The van der Waals surface area contributed by atoms with Crippen molar-refractivity contribution in [3.8, 4) is 0 Å². The van der Waals surface area contributed by atoms with Crippen LogP contribution in [0.5, 0.6) is 0 Å². The van der Waals surface area contributed by atoms with Crippen molar-refractivity contribution in [2.24, 2.45) is 0 Å². The molecule has 0 radical (unpaired) electrons. The fourth-order valence-corrected chi connectivity index (χ4v) is 5.35. The molecule has 3 heterocycles. The number of carbonyl (C=O) groups excluding carboxylic acids is 1. The maximum Gasteiger partial charge on any atom is 0.268 e. The first-order valence-electron chi connectivity index (χ1n) is 9.45. The lowest BCUT2D eigenvalue weighted by Crippen LogP contribution is -2.34. The fraction of sp³-hybridized carbons (Fsp3) is 0.381. The van der Waals surface area contributed by atoms with Crippen LogP contribution < -0.4 is 5.32 Å². The van der Waals surface area contributed by atoms with Gasteiger partial charge >= 0.3 is 0 Å². The summed E-state index contributed by atoms with van der Waals surface area (Å²) in [6.07, 6.45) is 2.55. The molecule has 4 rings (SSSR count). The molecule has 0 unspecified atom stereocenters. The maximum atomic E-state index is 12.9. The Kier molecular flexibility index (Phi) is 5.66. The molecule has 0 atom stereocenters. The summed E-state index contributed by atoms with van der Waals surface area (Å²) < 4.78 is 4.36. The van der Waals surface area contributed by atoms with Gasteiger partial charge in [0.05, 0.1) is 14.0 Å². The summed E-state index contributed by atoms with van der Waals surface area (Å²) in [6.45, 7) is 6.74. The van der Waals surface area contributed by atoms with Crippen molar-refractivity contribution in [3.05, 3.63) is 57.0 Å². The number of nitrogens with one attached hydrogen (secondary N) is 1. The quantitative estimate of drug-likeness (QED) is 0.599. The summed E-state index contributed by atoms with van der Waals surface area (Å²) in [6, 6.07) is 12.6. The fourth-order valence-electron chi connectivity index (χ4n) is 3.79. The Labute approximate surface area is 172 Å². The van der Waals surface area contributed by atoms with Gasteiger partial charge in [-0.05, 0) is 66.5 Å². The molecular weight excluding hydrogens is 422 g/mol. The third-order valence-electron chi connectivity index (χ3n) is 5.13. The van der Waals surface area contributed by atoms with Crippen molar-refractivity contribution in [1.29, 1.82) is 0 Å². The Hall–Kier alpha value is -1.63. The van der Waals surface area contributed by atoms with E-state index in [1.165, 1.54) is 24.0 Å². The predicted molar refractivity (Wildman–Crippen MR) is 116 cm³/mol. The lowest BCUT2D eigenvalue weighted by Gasteiger charge is -2.15. The van der Waals surface area contributed by atoms with Gasteiger partial charge in [0, 0.05) is 19.6 Å². The number of benzene rings is 1. The zero-order valence-electron chi connectivity index (χ0n) is 15.5. The number of nitrogens with zero attached hydrogens (tertiary/aromatic N) is 2. The van der Waals surface area contributed by atoms with Crippen LogP contribution in [0.1, 0.15) is 34.5 Å². The first-order valence-corrected chi connectivity index (χ1v) is 11.1. The highest BCUT2D eigenvalue weighted by Gasteiger charge is 2.18. The van der Waals surface area contributed by atoms with Crippen molar-refractivity contribution in [3.63, 3.8) is 0 Å². The highest BCUT2D eigenvalue weighted by Crippen LogP contribution is 2.33. The smallest absolute Gasteiger partial charge is 0.268 e. The second-order valence-corrected chi connectivity index (χ2v) is 9.67. The van der Waals surface area contributed by atoms with Crippen molar-refractivity contribution < 1.29 is 4.79 Å². The minimum absolute atomic E-state index is 0.0152. The van der Waals surface area contributed by atoms with Crippen LogP contribution >= 0.6 is 27.3 Å². The Morgan fingerprint density at radius 2 is 2.04 bits per heavy atom. The lowest BCUT2D eigenvalue weighted by atomic mass is 10.1. The number of rotatable bonds is 6. The summed E-state index contributed by atoms with van der Waals surface area (Å²) in [7, 11) is 0. The van der Waals surface area contributed by atoms with Gasteiger partial charge in [0.2, 0.25) is 0 Å². The van der Waals surface area contributed by atoms with E-state index in [0.29, 0.717) is 13.1 Å². The van der Waals surface area contributed by atoms with Crippen LogP contribution in [0.15, 0.2) is 40.2 Å². The van der Waals surface area contributed by atoms with Crippen LogP contribution in [-0.2, 0) is 6.54 Å². The molecule has 6 heteroatoms. The number of thiophene rings is 1.